The van der Waals surface area contributed by atoms with Crippen molar-refractivity contribution < 1.29 is 14.3 Å². The summed E-state index contributed by atoms with van der Waals surface area (Å²) in [6, 6.07) is 10.3. The average molecular weight is 386 g/mol. The standard InChI is InChI=1S/C20H17ClFN3O2/c21-15-10-14(3-4-16(15)22)19-18-13(2-1-7-23-18)11-17(24-19)25-8-5-12(6-9-25)20(26)27/h1-4,7,10-12H,5-6,8-9H2,(H,26,27). The van der Waals surface area contributed by atoms with Crippen LogP contribution in [0.3, 0.4) is 0 Å². The van der Waals surface area contributed by atoms with Crippen LogP contribution in [0.4, 0.5) is 10.2 Å². The zero-order valence-electron chi connectivity index (χ0n) is 14.4. The van der Waals surface area contributed by atoms with Gasteiger partial charge < -0.3 is 10.0 Å². The normalized spacial score (nSPS) is 15.3. The molecule has 0 radical (unpaired) electrons. The lowest BCUT2D eigenvalue weighted by atomic mass is 9.97. The number of nitrogens with zero attached hydrogens (tertiary/aromatic N) is 3. The predicted octanol–water partition coefficient (Wildman–Crippen LogP) is 4.39. The fourth-order valence-corrected chi connectivity index (χ4v) is 3.61. The minimum absolute atomic E-state index is 0.0334. The second-order valence-corrected chi connectivity index (χ2v) is 7.04. The molecule has 1 fully saturated rings. The smallest absolute Gasteiger partial charge is 0.306 e. The zero-order valence-corrected chi connectivity index (χ0v) is 15.2. The lowest BCUT2D eigenvalue weighted by Crippen LogP contribution is -2.36. The highest BCUT2D eigenvalue weighted by atomic mass is 35.5. The molecule has 27 heavy (non-hydrogen) atoms. The summed E-state index contributed by atoms with van der Waals surface area (Å²) in [6.45, 7) is 1.25. The highest BCUT2D eigenvalue weighted by Crippen LogP contribution is 2.32. The van der Waals surface area contributed by atoms with Gasteiger partial charge in [0.2, 0.25) is 0 Å². The van der Waals surface area contributed by atoms with E-state index in [9.17, 15) is 14.3 Å². The van der Waals surface area contributed by atoms with E-state index < -0.39 is 11.8 Å². The predicted molar refractivity (Wildman–Crippen MR) is 103 cm³/mol. The molecule has 0 spiro atoms. The number of pyridine rings is 2. The molecule has 4 rings (SSSR count). The van der Waals surface area contributed by atoms with Crippen LogP contribution in [0.25, 0.3) is 22.2 Å². The third-order valence-corrected chi connectivity index (χ3v) is 5.23. The van der Waals surface area contributed by atoms with Crippen molar-refractivity contribution in [2.75, 3.05) is 18.0 Å². The first-order valence-electron chi connectivity index (χ1n) is 8.72. The molecule has 0 amide bonds. The van der Waals surface area contributed by atoms with E-state index in [1.165, 1.54) is 6.07 Å². The molecule has 0 atom stereocenters. The van der Waals surface area contributed by atoms with E-state index in [1.54, 1.807) is 18.3 Å². The molecule has 138 valence electrons. The Bertz CT molecular complexity index is 1020. The van der Waals surface area contributed by atoms with Gasteiger partial charge in [0.1, 0.15) is 11.6 Å². The van der Waals surface area contributed by atoms with Gasteiger partial charge >= 0.3 is 5.97 Å². The maximum absolute atomic E-state index is 13.6. The van der Waals surface area contributed by atoms with Gasteiger partial charge in [-0.05, 0) is 43.2 Å². The van der Waals surface area contributed by atoms with Gasteiger partial charge in [0.05, 0.1) is 22.2 Å². The Morgan fingerprint density at radius 2 is 2.00 bits per heavy atom. The quantitative estimate of drug-likeness (QED) is 0.724. The maximum Gasteiger partial charge on any atom is 0.306 e. The van der Waals surface area contributed by atoms with Crippen molar-refractivity contribution in [3.05, 3.63) is 53.4 Å². The molecule has 1 aliphatic rings. The van der Waals surface area contributed by atoms with E-state index in [4.69, 9.17) is 16.6 Å². The topological polar surface area (TPSA) is 66.3 Å². The second-order valence-electron chi connectivity index (χ2n) is 6.63. The lowest BCUT2D eigenvalue weighted by molar-refractivity contribution is -0.142. The van der Waals surface area contributed by atoms with Crippen LogP contribution < -0.4 is 4.90 Å². The Morgan fingerprint density at radius 3 is 2.70 bits per heavy atom. The minimum atomic E-state index is -0.744. The van der Waals surface area contributed by atoms with Crippen molar-refractivity contribution in [2.24, 2.45) is 5.92 Å². The number of benzene rings is 1. The summed E-state index contributed by atoms with van der Waals surface area (Å²) in [4.78, 5) is 22.5. The van der Waals surface area contributed by atoms with Gasteiger partial charge in [0.25, 0.3) is 0 Å². The Balaban J connectivity index is 1.77. The molecule has 3 aromatic rings. The molecule has 1 N–H and O–H groups in total. The van der Waals surface area contributed by atoms with E-state index >= 15 is 0 Å². The largest absolute Gasteiger partial charge is 0.481 e. The molecular formula is C20H17ClFN3O2. The first-order valence-corrected chi connectivity index (χ1v) is 9.09. The van der Waals surface area contributed by atoms with Crippen LogP contribution in [0.2, 0.25) is 5.02 Å². The number of carbonyl (C=O) groups is 1. The van der Waals surface area contributed by atoms with Gasteiger partial charge in [0, 0.05) is 30.2 Å². The van der Waals surface area contributed by atoms with E-state index in [-0.39, 0.29) is 10.9 Å². The summed E-state index contributed by atoms with van der Waals surface area (Å²) in [5.74, 6) is -0.773. The van der Waals surface area contributed by atoms with Gasteiger partial charge in [-0.25, -0.2) is 9.37 Å². The fourth-order valence-electron chi connectivity index (χ4n) is 3.43. The number of carboxylic acids is 1. The molecule has 0 aliphatic carbocycles. The number of rotatable bonds is 3. The van der Waals surface area contributed by atoms with Gasteiger partial charge in [-0.1, -0.05) is 17.7 Å². The Hall–Kier alpha value is -2.73. The van der Waals surface area contributed by atoms with Gasteiger partial charge in [-0.2, -0.15) is 0 Å². The Labute approximate surface area is 160 Å². The molecule has 0 bridgehead atoms. The van der Waals surface area contributed by atoms with Crippen LogP contribution in [0.1, 0.15) is 12.8 Å². The number of hydrogen-bond donors (Lipinski definition) is 1. The molecule has 5 nitrogen and oxygen atoms in total. The Morgan fingerprint density at radius 1 is 1.22 bits per heavy atom. The number of carboxylic acid groups (broad SMARTS) is 1. The van der Waals surface area contributed by atoms with Gasteiger partial charge in [-0.15, -0.1) is 0 Å². The summed E-state index contributed by atoms with van der Waals surface area (Å²) in [5.41, 5.74) is 2.03. The van der Waals surface area contributed by atoms with Gasteiger partial charge in [0.15, 0.2) is 0 Å². The number of anilines is 1. The van der Waals surface area contributed by atoms with Crippen LogP contribution >= 0.6 is 11.6 Å². The number of hydrogen-bond acceptors (Lipinski definition) is 4. The van der Waals surface area contributed by atoms with Crippen molar-refractivity contribution in [1.29, 1.82) is 0 Å². The summed E-state index contributed by atoms with van der Waals surface area (Å²) < 4.78 is 13.6. The first kappa shape index (κ1) is 17.7. The number of aromatic nitrogens is 2. The summed E-state index contributed by atoms with van der Waals surface area (Å²) >= 11 is 5.96. The number of piperidine rings is 1. The van der Waals surface area contributed by atoms with Crippen molar-refractivity contribution in [2.45, 2.75) is 12.8 Å². The average Bonchev–Trinajstić information content (AvgIpc) is 2.69. The number of halogens is 2. The third kappa shape index (κ3) is 3.45. The maximum atomic E-state index is 13.6. The highest BCUT2D eigenvalue weighted by Gasteiger charge is 2.25. The van der Waals surface area contributed by atoms with E-state index in [0.29, 0.717) is 42.7 Å². The molecule has 0 unspecified atom stereocenters. The molecule has 1 aromatic carbocycles. The molecule has 3 heterocycles. The third-order valence-electron chi connectivity index (χ3n) is 4.94. The monoisotopic (exact) mass is 385 g/mol. The fraction of sp³-hybridized carbons (Fsp3) is 0.250. The van der Waals surface area contributed by atoms with Gasteiger partial charge in [-0.3, -0.25) is 9.78 Å². The van der Waals surface area contributed by atoms with Crippen molar-refractivity contribution in [3.63, 3.8) is 0 Å². The molecule has 7 heteroatoms. The summed E-state index contributed by atoms with van der Waals surface area (Å²) in [6.07, 6.45) is 2.86. The minimum Gasteiger partial charge on any atom is -0.481 e. The Kier molecular flexibility index (Phi) is 4.66. The summed E-state index contributed by atoms with van der Waals surface area (Å²) in [7, 11) is 0. The van der Waals surface area contributed by atoms with E-state index in [2.05, 4.69) is 9.88 Å². The van der Waals surface area contributed by atoms with Crippen LogP contribution in [0.5, 0.6) is 0 Å². The SMILES string of the molecule is O=C(O)C1CCN(c2cc3cccnc3c(-c3ccc(F)c(Cl)c3)n2)CC1. The molecule has 0 saturated carbocycles. The van der Waals surface area contributed by atoms with Crippen LogP contribution in [-0.4, -0.2) is 34.1 Å². The number of aliphatic carboxylic acids is 1. The van der Waals surface area contributed by atoms with Crippen LogP contribution in [0, 0.1) is 11.7 Å². The van der Waals surface area contributed by atoms with Crippen molar-refractivity contribution >= 4 is 34.3 Å². The molecular weight excluding hydrogens is 369 g/mol. The van der Waals surface area contributed by atoms with Crippen LogP contribution in [0.15, 0.2) is 42.6 Å². The van der Waals surface area contributed by atoms with E-state index in [1.807, 2.05) is 18.2 Å². The highest BCUT2D eigenvalue weighted by molar-refractivity contribution is 6.31. The van der Waals surface area contributed by atoms with E-state index in [0.717, 1.165) is 11.2 Å². The van der Waals surface area contributed by atoms with Crippen molar-refractivity contribution in [3.8, 4) is 11.3 Å². The summed E-state index contributed by atoms with van der Waals surface area (Å²) in [5, 5.41) is 10.1. The first-order chi connectivity index (χ1) is 13.0. The van der Waals surface area contributed by atoms with Crippen molar-refractivity contribution in [1.82, 2.24) is 9.97 Å². The zero-order chi connectivity index (χ0) is 19.0. The molecule has 1 saturated heterocycles. The lowest BCUT2D eigenvalue weighted by Gasteiger charge is -2.31. The molecule has 1 aliphatic heterocycles. The van der Waals surface area contributed by atoms with Crippen LogP contribution in [-0.2, 0) is 4.79 Å². The second kappa shape index (κ2) is 7.12. The molecule has 2 aromatic heterocycles. The number of fused-ring (bicyclic) bond motifs is 1.